The summed E-state index contributed by atoms with van der Waals surface area (Å²) < 4.78 is 46.6. The van der Waals surface area contributed by atoms with Crippen molar-refractivity contribution in [3.8, 4) is 22.6 Å². The molecule has 2 aromatic carbocycles. The molecule has 0 unspecified atom stereocenters. The second-order valence-electron chi connectivity index (χ2n) is 6.56. The Labute approximate surface area is 185 Å². The van der Waals surface area contributed by atoms with E-state index in [-0.39, 0.29) is 17.3 Å². The Kier molecular flexibility index (Phi) is 5.89. The molecule has 0 saturated heterocycles. The summed E-state index contributed by atoms with van der Waals surface area (Å²) in [5.41, 5.74) is 1.31. The molecule has 4 rings (SSSR count). The van der Waals surface area contributed by atoms with Crippen molar-refractivity contribution < 1.29 is 17.9 Å². The van der Waals surface area contributed by atoms with E-state index in [1.807, 2.05) is 18.2 Å². The van der Waals surface area contributed by atoms with Gasteiger partial charge in [-0.1, -0.05) is 47.5 Å². The van der Waals surface area contributed by atoms with Gasteiger partial charge in [-0.15, -0.1) is 0 Å². The lowest BCUT2D eigenvalue weighted by Gasteiger charge is -2.11. The number of nitrogens with zero attached hydrogens (tertiary/aromatic N) is 3. The van der Waals surface area contributed by atoms with Crippen LogP contribution in [0.3, 0.4) is 0 Å². The van der Waals surface area contributed by atoms with Gasteiger partial charge in [0.15, 0.2) is 5.69 Å². The minimum atomic E-state index is -4.59. The van der Waals surface area contributed by atoms with Crippen molar-refractivity contribution in [2.75, 3.05) is 0 Å². The summed E-state index contributed by atoms with van der Waals surface area (Å²) in [6.45, 7) is -0.129. The van der Waals surface area contributed by atoms with E-state index in [9.17, 15) is 13.2 Å². The van der Waals surface area contributed by atoms with Gasteiger partial charge in [-0.25, -0.2) is 9.67 Å². The second-order valence-corrected chi connectivity index (χ2v) is 7.36. The topological polar surface area (TPSA) is 39.9 Å². The zero-order chi connectivity index (χ0) is 22.0. The van der Waals surface area contributed by atoms with Gasteiger partial charge in [0.05, 0.1) is 16.4 Å². The third-order valence-corrected chi connectivity index (χ3v) is 5.00. The molecule has 31 heavy (non-hydrogen) atoms. The van der Waals surface area contributed by atoms with Crippen molar-refractivity contribution in [2.45, 2.75) is 12.8 Å². The van der Waals surface area contributed by atoms with Crippen LogP contribution in [0.15, 0.2) is 72.9 Å². The molecule has 0 aliphatic rings. The Morgan fingerprint density at radius 2 is 1.61 bits per heavy atom. The fraction of sp³-hybridized carbons (Fsp3) is 0.0909. The molecule has 0 bridgehead atoms. The maximum absolute atomic E-state index is 13.2. The molecule has 158 valence electrons. The van der Waals surface area contributed by atoms with E-state index in [1.165, 1.54) is 0 Å². The van der Waals surface area contributed by atoms with E-state index in [4.69, 9.17) is 27.9 Å². The zero-order valence-electron chi connectivity index (χ0n) is 15.8. The van der Waals surface area contributed by atoms with Crippen LogP contribution in [0.25, 0.3) is 16.8 Å². The van der Waals surface area contributed by atoms with Crippen LogP contribution in [0.4, 0.5) is 13.2 Å². The molecule has 0 N–H and O–H groups in total. The van der Waals surface area contributed by atoms with Crippen LogP contribution in [0.1, 0.15) is 11.4 Å². The number of hydrogen-bond acceptors (Lipinski definition) is 3. The molecule has 0 spiro atoms. The SMILES string of the molecule is FC(F)(F)c1cc(COc2ccc(-c3ccc(Cl)nc3)cc2)n(-c2ccccc2Cl)n1. The first-order valence-electron chi connectivity index (χ1n) is 9.07. The van der Waals surface area contributed by atoms with Gasteiger partial charge in [-0.3, -0.25) is 0 Å². The van der Waals surface area contributed by atoms with Crippen LogP contribution in [0.2, 0.25) is 10.2 Å². The van der Waals surface area contributed by atoms with Crippen molar-refractivity contribution in [1.29, 1.82) is 0 Å². The monoisotopic (exact) mass is 463 g/mol. The number of halogens is 5. The molecule has 0 radical (unpaired) electrons. The number of alkyl halides is 3. The third-order valence-electron chi connectivity index (χ3n) is 4.46. The summed E-state index contributed by atoms with van der Waals surface area (Å²) >= 11 is 12.0. The largest absolute Gasteiger partial charge is 0.487 e. The average molecular weight is 464 g/mol. The third kappa shape index (κ3) is 4.84. The first-order chi connectivity index (χ1) is 14.8. The van der Waals surface area contributed by atoms with Gasteiger partial charge < -0.3 is 4.74 Å². The maximum Gasteiger partial charge on any atom is 0.435 e. The lowest BCUT2D eigenvalue weighted by Crippen LogP contribution is -2.08. The smallest absolute Gasteiger partial charge is 0.435 e. The van der Waals surface area contributed by atoms with Gasteiger partial charge in [0, 0.05) is 11.8 Å². The van der Waals surface area contributed by atoms with E-state index >= 15 is 0 Å². The lowest BCUT2D eigenvalue weighted by molar-refractivity contribution is -0.141. The first kappa shape index (κ1) is 21.2. The summed E-state index contributed by atoms with van der Waals surface area (Å²) in [5, 5.41) is 4.37. The van der Waals surface area contributed by atoms with Gasteiger partial charge in [-0.05, 0) is 48.0 Å². The van der Waals surface area contributed by atoms with Crippen LogP contribution >= 0.6 is 23.2 Å². The summed E-state index contributed by atoms with van der Waals surface area (Å²) in [5.74, 6) is 0.492. The molecule has 2 heterocycles. The number of ether oxygens (including phenoxy) is 1. The van der Waals surface area contributed by atoms with E-state index in [0.717, 1.165) is 21.9 Å². The fourth-order valence-corrected chi connectivity index (χ4v) is 3.27. The molecular weight excluding hydrogens is 450 g/mol. The first-order valence-corrected chi connectivity index (χ1v) is 9.83. The molecular formula is C22H14Cl2F3N3O. The van der Waals surface area contributed by atoms with E-state index in [0.29, 0.717) is 16.6 Å². The van der Waals surface area contributed by atoms with Gasteiger partial charge in [0.2, 0.25) is 0 Å². The molecule has 9 heteroatoms. The van der Waals surface area contributed by atoms with E-state index in [1.54, 1.807) is 48.7 Å². The number of aromatic nitrogens is 3. The molecule has 0 fully saturated rings. The molecule has 0 atom stereocenters. The molecule has 0 saturated carbocycles. The highest BCUT2D eigenvalue weighted by Gasteiger charge is 2.35. The van der Waals surface area contributed by atoms with Gasteiger partial charge in [0.1, 0.15) is 17.5 Å². The lowest BCUT2D eigenvalue weighted by atomic mass is 10.1. The minimum absolute atomic E-state index is 0.129. The average Bonchev–Trinajstić information content (AvgIpc) is 3.18. The highest BCUT2D eigenvalue weighted by molar-refractivity contribution is 6.32. The van der Waals surface area contributed by atoms with Crippen molar-refractivity contribution >= 4 is 23.2 Å². The molecule has 4 aromatic rings. The van der Waals surface area contributed by atoms with Crippen molar-refractivity contribution in [1.82, 2.24) is 14.8 Å². The molecule has 0 aliphatic heterocycles. The van der Waals surface area contributed by atoms with Gasteiger partial charge in [-0.2, -0.15) is 18.3 Å². The summed E-state index contributed by atoms with van der Waals surface area (Å²) in [6, 6.07) is 18.1. The zero-order valence-corrected chi connectivity index (χ0v) is 17.3. The standard InChI is InChI=1S/C22H14Cl2F3N3O/c23-18-3-1-2-4-19(18)30-16(11-20(29-30)22(25,26)27)13-31-17-8-5-14(6-9-17)15-7-10-21(24)28-12-15/h1-12H,13H2. The Balaban J connectivity index is 1.57. The summed E-state index contributed by atoms with van der Waals surface area (Å²) in [4.78, 5) is 4.04. The van der Waals surface area contributed by atoms with Crippen LogP contribution in [0.5, 0.6) is 5.75 Å². The van der Waals surface area contributed by atoms with Crippen molar-refractivity contribution in [3.05, 3.63) is 94.5 Å². The predicted molar refractivity (Wildman–Crippen MR) is 113 cm³/mol. The normalized spacial score (nSPS) is 11.5. The summed E-state index contributed by atoms with van der Waals surface area (Å²) in [6.07, 6.45) is -2.94. The highest BCUT2D eigenvalue weighted by Crippen LogP contribution is 2.31. The van der Waals surface area contributed by atoms with Crippen molar-refractivity contribution in [3.63, 3.8) is 0 Å². The number of rotatable bonds is 5. The van der Waals surface area contributed by atoms with Crippen LogP contribution in [-0.4, -0.2) is 14.8 Å². The molecule has 2 aromatic heterocycles. The van der Waals surface area contributed by atoms with Crippen LogP contribution < -0.4 is 4.74 Å². The Bertz CT molecular complexity index is 1190. The van der Waals surface area contributed by atoms with Crippen LogP contribution in [0, 0.1) is 0 Å². The Morgan fingerprint density at radius 1 is 0.903 bits per heavy atom. The molecule has 0 aliphatic carbocycles. The predicted octanol–water partition coefficient (Wildman–Crippen LogP) is 6.84. The van der Waals surface area contributed by atoms with Crippen molar-refractivity contribution in [2.24, 2.45) is 0 Å². The second kappa shape index (κ2) is 8.61. The molecule has 4 nitrogen and oxygen atoms in total. The van der Waals surface area contributed by atoms with E-state index in [2.05, 4.69) is 10.1 Å². The number of para-hydroxylation sites is 1. The number of benzene rings is 2. The number of hydrogen-bond donors (Lipinski definition) is 0. The number of pyridine rings is 1. The molecule has 0 amide bonds. The van der Waals surface area contributed by atoms with E-state index < -0.39 is 11.9 Å². The Hall–Kier alpha value is -3.03. The fourth-order valence-electron chi connectivity index (χ4n) is 2.94. The highest BCUT2D eigenvalue weighted by atomic mass is 35.5. The quantitative estimate of drug-likeness (QED) is 0.304. The summed E-state index contributed by atoms with van der Waals surface area (Å²) in [7, 11) is 0. The van der Waals surface area contributed by atoms with Crippen LogP contribution in [-0.2, 0) is 12.8 Å². The van der Waals surface area contributed by atoms with Gasteiger partial charge >= 0.3 is 6.18 Å². The maximum atomic E-state index is 13.2. The Morgan fingerprint density at radius 3 is 2.26 bits per heavy atom. The minimum Gasteiger partial charge on any atom is -0.487 e. The van der Waals surface area contributed by atoms with Gasteiger partial charge in [0.25, 0.3) is 0 Å².